The minimum absolute atomic E-state index is 0. The molecule has 0 aliphatic rings. The molecular weight excluding hydrogens is 1530 g/mol. The minimum Gasteiger partial charge on any atom is -0.456 e. The van der Waals surface area contributed by atoms with Gasteiger partial charge in [0.1, 0.15) is 22.3 Å². The van der Waals surface area contributed by atoms with Crippen LogP contribution in [0.3, 0.4) is 0 Å². The molecule has 0 N–H and O–H groups in total. The van der Waals surface area contributed by atoms with Crippen LogP contribution < -0.4 is 0 Å². The van der Waals surface area contributed by atoms with Crippen molar-refractivity contribution in [3.63, 3.8) is 0 Å². The van der Waals surface area contributed by atoms with Gasteiger partial charge in [-0.3, -0.25) is 0 Å². The zero-order chi connectivity index (χ0) is 68.7. The van der Waals surface area contributed by atoms with E-state index >= 15 is 0 Å². The fourth-order valence-corrected chi connectivity index (χ4v) is 13.7. The molecule has 0 saturated heterocycles. The SMILES string of the molecule is CC.CC.CC.CC.CC.CC.[CH3-].[CH3-].[Dy].[Dy].c1ccc2cc(-c3ccc(-c4c5ccccc5c(-c5ccc6oc7ccccc7c6c5)c5ccccc45)cc3)ccc2c1.c1ccc2cc(-c3ccc(-c4c5ccccc5c(-c5cccc6c5oc5ccccc56)c5ccccc45)cc3)ccc2c1. The van der Waals surface area contributed by atoms with E-state index in [9.17, 15) is 0 Å². The van der Waals surface area contributed by atoms with Gasteiger partial charge in [-0.05, 0) is 157 Å². The first-order valence-corrected chi connectivity index (χ1v) is 35.5. The molecule has 0 aliphatic carbocycles. The van der Waals surface area contributed by atoms with Crippen LogP contribution in [0.1, 0.15) is 83.1 Å². The van der Waals surface area contributed by atoms with E-state index in [0.29, 0.717) is 0 Å². The summed E-state index contributed by atoms with van der Waals surface area (Å²) in [5, 5.41) is 19.6. The van der Waals surface area contributed by atoms with Crippen molar-refractivity contribution in [2.75, 3.05) is 0 Å². The zero-order valence-corrected chi connectivity index (χ0v) is 65.5. The molecule has 0 fully saturated rings. The van der Waals surface area contributed by atoms with Crippen molar-refractivity contribution in [3.8, 4) is 66.8 Å². The summed E-state index contributed by atoms with van der Waals surface area (Å²) >= 11 is 0. The fraction of sp³-hybridized carbons (Fsp3) is 0.122. The van der Waals surface area contributed by atoms with Crippen molar-refractivity contribution in [2.24, 2.45) is 0 Å². The molecule has 0 atom stereocenters. The van der Waals surface area contributed by atoms with E-state index in [1.165, 1.54) is 126 Å². The van der Waals surface area contributed by atoms with Gasteiger partial charge in [0.15, 0.2) is 0 Å². The maximum Gasteiger partial charge on any atom is 0.143 e. The van der Waals surface area contributed by atoms with E-state index in [1.54, 1.807) is 0 Å². The molecule has 0 aliphatic heterocycles. The summed E-state index contributed by atoms with van der Waals surface area (Å²) in [7, 11) is 0. The summed E-state index contributed by atoms with van der Waals surface area (Å²) in [4.78, 5) is 0. The molecule has 16 aromatic carbocycles. The van der Waals surface area contributed by atoms with Gasteiger partial charge in [0.25, 0.3) is 0 Å². The molecule has 2 aromatic heterocycles. The van der Waals surface area contributed by atoms with Crippen LogP contribution in [-0.4, -0.2) is 0 Å². The molecule has 0 amide bonds. The maximum absolute atomic E-state index is 6.53. The first kappa shape index (κ1) is 80.5. The van der Waals surface area contributed by atoms with Gasteiger partial charge >= 0.3 is 0 Å². The standard InChI is InChI=1S/2C42H26O.6C2H6.2CH3.2Dy/c1-2-11-30-26-31(25-22-27(30)10-1)28-20-23-29(24-21-28)40-33-13-3-5-15-35(33)41(36-16-6-4-14-34(36)40)38-18-9-17-37-32-12-7-8-19-39(32)43-42(37)38;1-2-10-30-25-31(22-19-27(30)9-1)28-17-20-29(21-18-28)41-34-12-3-5-14-36(34)42(37-15-6-4-13-35(37)41)32-23-24-40-38(26-32)33-11-7-8-16-39(33)43-40;6*1-2;;;;/h2*1-26H;6*1-2H3;2*1H3;;/q;;;;;;;;2*-1;;. The summed E-state index contributed by atoms with van der Waals surface area (Å²) in [6.45, 7) is 24.0. The molecule has 0 radical (unpaired) electrons. The predicted octanol–water partition coefficient (Wildman–Crippen LogP) is 31.2. The van der Waals surface area contributed by atoms with Gasteiger partial charge in [-0.25, -0.2) is 0 Å². The summed E-state index contributed by atoms with van der Waals surface area (Å²) in [5.74, 6) is 0. The molecule has 0 unspecified atom stereocenters. The van der Waals surface area contributed by atoms with Crippen molar-refractivity contribution in [1.29, 1.82) is 0 Å². The number of fused-ring (bicyclic) bond motifs is 12. The monoisotopic (exact) mass is 1630 g/mol. The van der Waals surface area contributed by atoms with Gasteiger partial charge in [-0.15, -0.1) is 0 Å². The quantitative estimate of drug-likeness (QED) is 0.123. The first-order valence-electron chi connectivity index (χ1n) is 35.5. The normalized spacial score (nSPS) is 10.2. The third-order valence-corrected chi connectivity index (χ3v) is 17.7. The fourth-order valence-electron chi connectivity index (χ4n) is 13.7. The Morgan fingerprint density at radius 1 is 0.176 bits per heavy atom. The van der Waals surface area contributed by atoms with E-state index in [1.807, 2.05) is 101 Å². The number of para-hydroxylation sites is 3. The van der Waals surface area contributed by atoms with E-state index < -0.39 is 0 Å². The Morgan fingerprint density at radius 3 is 0.853 bits per heavy atom. The Labute approximate surface area is 666 Å². The Bertz CT molecular complexity index is 5590. The second-order valence-corrected chi connectivity index (χ2v) is 22.6. The molecule has 18 aromatic rings. The van der Waals surface area contributed by atoms with Crippen LogP contribution in [0, 0.1) is 91.2 Å². The van der Waals surface area contributed by atoms with Gasteiger partial charge in [0, 0.05) is 109 Å². The van der Waals surface area contributed by atoms with E-state index in [-0.39, 0.29) is 91.2 Å². The van der Waals surface area contributed by atoms with Crippen LogP contribution in [0.15, 0.2) is 324 Å². The average Bonchev–Trinajstić information content (AvgIpc) is 1.02. The summed E-state index contributed by atoms with van der Waals surface area (Å²) < 4.78 is 12.7. The van der Waals surface area contributed by atoms with Gasteiger partial charge in [-0.2, -0.15) is 0 Å². The molecule has 520 valence electrons. The second kappa shape index (κ2) is 38.5. The second-order valence-electron chi connectivity index (χ2n) is 22.6. The molecule has 0 spiro atoms. The number of furan rings is 2. The Balaban J connectivity index is 0.000000241. The van der Waals surface area contributed by atoms with Crippen LogP contribution in [-0.2, 0) is 0 Å². The van der Waals surface area contributed by atoms with Gasteiger partial charge in [-0.1, -0.05) is 362 Å². The predicted molar refractivity (Wildman–Crippen MR) is 446 cm³/mol. The van der Waals surface area contributed by atoms with Gasteiger partial charge in [0.05, 0.1) is 0 Å². The number of hydrogen-bond acceptors (Lipinski definition) is 2. The third kappa shape index (κ3) is 15.9. The molecule has 18 rings (SSSR count). The van der Waals surface area contributed by atoms with E-state index in [4.69, 9.17) is 8.83 Å². The molecule has 0 bridgehead atoms. The van der Waals surface area contributed by atoms with E-state index in [2.05, 4.69) is 297 Å². The van der Waals surface area contributed by atoms with Crippen molar-refractivity contribution in [3.05, 3.63) is 330 Å². The average molecular weight is 1630 g/mol. The summed E-state index contributed by atoms with van der Waals surface area (Å²) in [6, 6.07) is 114. The summed E-state index contributed by atoms with van der Waals surface area (Å²) in [5.41, 5.74) is 18.4. The Kier molecular flexibility index (Phi) is 30.4. The number of rotatable bonds is 6. The number of hydrogen-bond donors (Lipinski definition) is 0. The largest absolute Gasteiger partial charge is 0.456 e. The number of benzene rings is 16. The Hall–Kier alpha value is -8.77. The Morgan fingerprint density at radius 2 is 0.451 bits per heavy atom. The molecular formula is C98H94Dy2O2-2. The first-order chi connectivity index (χ1) is 48.6. The van der Waals surface area contributed by atoms with Crippen molar-refractivity contribution < 1.29 is 85.2 Å². The molecule has 2 nitrogen and oxygen atoms in total. The molecule has 0 saturated carbocycles. The molecule has 2 heterocycles. The van der Waals surface area contributed by atoms with Crippen molar-refractivity contribution in [2.45, 2.75) is 83.1 Å². The van der Waals surface area contributed by atoms with Crippen molar-refractivity contribution in [1.82, 2.24) is 0 Å². The topological polar surface area (TPSA) is 26.3 Å². The van der Waals surface area contributed by atoms with Crippen LogP contribution >= 0.6 is 0 Å². The van der Waals surface area contributed by atoms with Crippen LogP contribution in [0.5, 0.6) is 0 Å². The van der Waals surface area contributed by atoms with Crippen LogP contribution in [0.2, 0.25) is 0 Å². The third-order valence-electron chi connectivity index (χ3n) is 17.7. The maximum atomic E-state index is 6.53. The summed E-state index contributed by atoms with van der Waals surface area (Å²) in [6.07, 6.45) is 0. The van der Waals surface area contributed by atoms with Crippen molar-refractivity contribution >= 4 is 109 Å². The van der Waals surface area contributed by atoms with Crippen LogP contribution in [0.4, 0.5) is 0 Å². The zero-order valence-electron chi connectivity index (χ0n) is 61.5. The minimum atomic E-state index is 0. The van der Waals surface area contributed by atoms with E-state index in [0.717, 1.165) is 49.4 Å². The van der Waals surface area contributed by atoms with Gasteiger partial charge in [0.2, 0.25) is 0 Å². The molecule has 102 heavy (non-hydrogen) atoms. The molecule has 4 heteroatoms. The van der Waals surface area contributed by atoms with Gasteiger partial charge < -0.3 is 23.7 Å². The van der Waals surface area contributed by atoms with Crippen LogP contribution in [0.25, 0.3) is 175 Å². The smallest absolute Gasteiger partial charge is 0.143 e.